The quantitative estimate of drug-likeness (QED) is 0.866. The minimum Gasteiger partial charge on any atom is -0.324 e. The summed E-state index contributed by atoms with van der Waals surface area (Å²) in [5.41, 5.74) is 2.44. The first-order chi connectivity index (χ1) is 8.98. The smallest absolute Gasteiger partial charge is 0.324 e. The molecule has 0 amide bonds. The molecule has 7 heteroatoms. The monoisotopic (exact) mass is 270 g/mol. The van der Waals surface area contributed by atoms with Crippen molar-refractivity contribution in [3.63, 3.8) is 0 Å². The second-order valence-corrected chi connectivity index (χ2v) is 4.77. The maximum absolute atomic E-state index is 13.0. The zero-order valence-electron chi connectivity index (χ0n) is 10.4. The number of hydrogen-bond acceptors (Lipinski definition) is 2. The summed E-state index contributed by atoms with van der Waals surface area (Å²) >= 11 is 0. The summed E-state index contributed by atoms with van der Waals surface area (Å²) in [6.45, 7) is 2.19. The Kier molecular flexibility index (Phi) is 2.65. The maximum atomic E-state index is 13.0. The molecule has 3 heterocycles. The second kappa shape index (κ2) is 4.11. The van der Waals surface area contributed by atoms with Gasteiger partial charge in [-0.25, -0.2) is 4.98 Å². The van der Waals surface area contributed by atoms with Crippen molar-refractivity contribution in [2.45, 2.75) is 38.9 Å². The third-order valence-electron chi connectivity index (χ3n) is 3.44. The number of fused-ring (bicyclic) bond motifs is 1. The molecule has 0 unspecified atom stereocenters. The molecule has 0 aromatic carbocycles. The van der Waals surface area contributed by atoms with Crippen LogP contribution < -0.4 is 0 Å². The fourth-order valence-corrected chi connectivity index (χ4v) is 2.55. The molecule has 1 aliphatic rings. The van der Waals surface area contributed by atoms with E-state index >= 15 is 0 Å². The van der Waals surface area contributed by atoms with Crippen molar-refractivity contribution in [3.05, 3.63) is 23.3 Å². The zero-order chi connectivity index (χ0) is 13.6. The molecule has 2 aromatic rings. The minimum atomic E-state index is -4.42. The van der Waals surface area contributed by atoms with Crippen LogP contribution in [0.15, 0.2) is 6.20 Å². The number of nitrogens with one attached hydrogen (secondary N) is 1. The number of aromatic amines is 1. The van der Waals surface area contributed by atoms with Crippen LogP contribution >= 0.6 is 0 Å². The van der Waals surface area contributed by atoms with Gasteiger partial charge in [-0.1, -0.05) is 0 Å². The third kappa shape index (κ3) is 1.93. The van der Waals surface area contributed by atoms with Crippen molar-refractivity contribution in [2.75, 3.05) is 0 Å². The highest BCUT2D eigenvalue weighted by Crippen LogP contribution is 2.36. The number of H-pyrrole nitrogens is 1. The first kappa shape index (κ1) is 12.3. The molecule has 3 rings (SSSR count). The number of aryl methyl sites for hydroxylation is 1. The van der Waals surface area contributed by atoms with E-state index in [1.54, 1.807) is 13.1 Å². The van der Waals surface area contributed by atoms with E-state index in [0.717, 1.165) is 18.4 Å². The molecule has 102 valence electrons. The predicted molar refractivity (Wildman–Crippen MR) is 62.5 cm³/mol. The molecule has 0 radical (unpaired) electrons. The summed E-state index contributed by atoms with van der Waals surface area (Å²) < 4.78 is 40.4. The highest BCUT2D eigenvalue weighted by Gasteiger charge is 2.39. The van der Waals surface area contributed by atoms with Crippen molar-refractivity contribution >= 4 is 0 Å². The molecule has 0 bridgehead atoms. The normalized spacial score (nSPS) is 15.6. The SMILES string of the molecule is Cc1cn[nH]c1-c1nc(C(F)(F)F)n2c1CCCC2. The molecule has 19 heavy (non-hydrogen) atoms. The Morgan fingerprint density at radius 1 is 1.32 bits per heavy atom. The standard InChI is InChI=1S/C12H13F3N4/c1-7-6-16-18-9(7)10-8-4-2-3-5-19(8)11(17-10)12(13,14)15/h6H,2-5H2,1H3,(H,16,18). The minimum absolute atomic E-state index is 0.379. The van der Waals surface area contributed by atoms with Gasteiger partial charge in [-0.05, 0) is 31.7 Å². The lowest BCUT2D eigenvalue weighted by molar-refractivity contribution is -0.147. The number of hydrogen-bond donors (Lipinski definition) is 1. The molecular weight excluding hydrogens is 257 g/mol. The summed E-state index contributed by atoms with van der Waals surface area (Å²) in [4.78, 5) is 3.83. The van der Waals surface area contributed by atoms with Crippen LogP contribution in [-0.2, 0) is 19.1 Å². The fraction of sp³-hybridized carbons (Fsp3) is 0.500. The van der Waals surface area contributed by atoms with Gasteiger partial charge in [0.2, 0.25) is 5.82 Å². The molecule has 0 saturated heterocycles. The number of alkyl halides is 3. The van der Waals surface area contributed by atoms with Gasteiger partial charge in [0.25, 0.3) is 0 Å². The second-order valence-electron chi connectivity index (χ2n) is 4.77. The molecule has 0 fully saturated rings. The van der Waals surface area contributed by atoms with Crippen LogP contribution in [-0.4, -0.2) is 19.7 Å². The Balaban J connectivity index is 2.21. The molecular formula is C12H13F3N4. The highest BCUT2D eigenvalue weighted by molar-refractivity contribution is 5.61. The molecule has 1 aliphatic heterocycles. The lowest BCUT2D eigenvalue weighted by Crippen LogP contribution is -2.19. The van der Waals surface area contributed by atoms with Crippen molar-refractivity contribution in [1.82, 2.24) is 19.7 Å². The van der Waals surface area contributed by atoms with Crippen molar-refractivity contribution < 1.29 is 13.2 Å². The number of aromatic nitrogens is 4. The molecule has 4 nitrogen and oxygen atoms in total. The van der Waals surface area contributed by atoms with Crippen molar-refractivity contribution in [1.29, 1.82) is 0 Å². The fourth-order valence-electron chi connectivity index (χ4n) is 2.55. The number of halogens is 3. The van der Waals surface area contributed by atoms with Crippen LogP contribution in [0.4, 0.5) is 13.2 Å². The summed E-state index contributed by atoms with van der Waals surface area (Å²) in [6, 6.07) is 0. The van der Waals surface area contributed by atoms with Gasteiger partial charge >= 0.3 is 6.18 Å². The third-order valence-corrected chi connectivity index (χ3v) is 3.44. The van der Waals surface area contributed by atoms with Crippen LogP contribution in [0.3, 0.4) is 0 Å². The number of imidazole rings is 1. The first-order valence-corrected chi connectivity index (χ1v) is 6.15. The average molecular weight is 270 g/mol. The first-order valence-electron chi connectivity index (χ1n) is 6.15. The Morgan fingerprint density at radius 3 is 2.74 bits per heavy atom. The van der Waals surface area contributed by atoms with Gasteiger partial charge in [-0.3, -0.25) is 5.10 Å². The van der Waals surface area contributed by atoms with Gasteiger partial charge in [-0.15, -0.1) is 0 Å². The van der Waals surface area contributed by atoms with Crippen LogP contribution in [0.2, 0.25) is 0 Å². The average Bonchev–Trinajstić information content (AvgIpc) is 2.91. The zero-order valence-corrected chi connectivity index (χ0v) is 10.4. The van der Waals surface area contributed by atoms with Gasteiger partial charge in [0.15, 0.2) is 0 Å². The Morgan fingerprint density at radius 2 is 2.11 bits per heavy atom. The van der Waals surface area contributed by atoms with E-state index < -0.39 is 12.0 Å². The molecule has 0 aliphatic carbocycles. The lowest BCUT2D eigenvalue weighted by atomic mass is 10.1. The highest BCUT2D eigenvalue weighted by atomic mass is 19.4. The van der Waals surface area contributed by atoms with Gasteiger partial charge in [0.1, 0.15) is 5.69 Å². The predicted octanol–water partition coefficient (Wildman–Crippen LogP) is 2.94. The summed E-state index contributed by atoms with van der Waals surface area (Å²) in [6.07, 6.45) is -0.552. The molecule has 1 N–H and O–H groups in total. The topological polar surface area (TPSA) is 46.5 Å². The molecule has 0 atom stereocenters. The summed E-state index contributed by atoms with van der Waals surface area (Å²) in [5, 5.41) is 6.61. The Hall–Kier alpha value is -1.79. The van der Waals surface area contributed by atoms with E-state index in [0.29, 0.717) is 30.0 Å². The van der Waals surface area contributed by atoms with E-state index in [9.17, 15) is 13.2 Å². The van der Waals surface area contributed by atoms with E-state index in [4.69, 9.17) is 0 Å². The van der Waals surface area contributed by atoms with Gasteiger partial charge < -0.3 is 4.57 Å². The van der Waals surface area contributed by atoms with Crippen LogP contribution in [0.5, 0.6) is 0 Å². The molecule has 0 saturated carbocycles. The van der Waals surface area contributed by atoms with E-state index in [-0.39, 0.29) is 0 Å². The van der Waals surface area contributed by atoms with Gasteiger partial charge in [0.05, 0.1) is 11.9 Å². The maximum Gasteiger partial charge on any atom is 0.449 e. The Labute approximate surface area is 107 Å². The van der Waals surface area contributed by atoms with Crippen LogP contribution in [0.25, 0.3) is 11.4 Å². The van der Waals surface area contributed by atoms with Crippen molar-refractivity contribution in [3.8, 4) is 11.4 Å². The number of nitrogens with zero attached hydrogens (tertiary/aromatic N) is 3. The van der Waals surface area contributed by atoms with E-state index in [1.165, 1.54) is 4.57 Å². The largest absolute Gasteiger partial charge is 0.449 e. The van der Waals surface area contributed by atoms with E-state index in [2.05, 4.69) is 15.2 Å². The van der Waals surface area contributed by atoms with E-state index in [1.807, 2.05) is 0 Å². The number of rotatable bonds is 1. The van der Waals surface area contributed by atoms with Crippen LogP contribution in [0.1, 0.15) is 29.9 Å². The Bertz CT molecular complexity index is 609. The van der Waals surface area contributed by atoms with Crippen molar-refractivity contribution in [2.24, 2.45) is 0 Å². The van der Waals surface area contributed by atoms with Gasteiger partial charge in [-0.2, -0.15) is 18.3 Å². The summed E-state index contributed by atoms with van der Waals surface area (Å²) in [7, 11) is 0. The van der Waals surface area contributed by atoms with Gasteiger partial charge in [0, 0.05) is 12.2 Å². The van der Waals surface area contributed by atoms with Crippen LogP contribution in [0, 0.1) is 6.92 Å². The molecule has 0 spiro atoms. The molecule has 2 aromatic heterocycles. The summed E-state index contributed by atoms with van der Waals surface area (Å²) in [5.74, 6) is -0.800. The lowest BCUT2D eigenvalue weighted by Gasteiger charge is -2.18.